The van der Waals surface area contributed by atoms with Crippen LogP contribution in [0.2, 0.25) is 0 Å². The van der Waals surface area contributed by atoms with E-state index in [-0.39, 0.29) is 17.5 Å². The molecule has 6 rings (SSSR count). The van der Waals surface area contributed by atoms with Crippen molar-refractivity contribution in [3.05, 3.63) is 83.3 Å². The van der Waals surface area contributed by atoms with E-state index in [4.69, 9.17) is 4.52 Å². The number of fused-ring (bicyclic) bond motifs is 4. The number of aromatic nitrogens is 3. The fourth-order valence-corrected chi connectivity index (χ4v) is 5.62. The molecule has 33 heavy (non-hydrogen) atoms. The Morgan fingerprint density at radius 3 is 2.82 bits per heavy atom. The molecule has 2 aliphatic heterocycles. The lowest BCUT2D eigenvalue weighted by Gasteiger charge is -2.54. The van der Waals surface area contributed by atoms with Gasteiger partial charge in [-0.25, -0.2) is 4.39 Å². The monoisotopic (exact) mass is 444 g/mol. The van der Waals surface area contributed by atoms with Crippen LogP contribution in [-0.4, -0.2) is 37.8 Å². The summed E-state index contributed by atoms with van der Waals surface area (Å²) in [6.45, 7) is 2.56. The highest BCUT2D eigenvalue weighted by Gasteiger charge is 2.56. The molecule has 1 aromatic carbocycles. The molecule has 0 saturated carbocycles. The van der Waals surface area contributed by atoms with Gasteiger partial charge in [-0.3, -0.25) is 14.6 Å². The zero-order valence-electron chi connectivity index (χ0n) is 18.0. The zero-order chi connectivity index (χ0) is 22.7. The van der Waals surface area contributed by atoms with Crippen molar-refractivity contribution in [1.29, 1.82) is 0 Å². The first-order valence-corrected chi connectivity index (χ1v) is 11.0. The van der Waals surface area contributed by atoms with Crippen LogP contribution in [0.25, 0.3) is 11.0 Å². The molecule has 8 heteroatoms. The van der Waals surface area contributed by atoms with E-state index in [1.165, 1.54) is 18.4 Å². The van der Waals surface area contributed by atoms with Crippen LogP contribution in [0.15, 0.2) is 59.4 Å². The number of benzene rings is 1. The van der Waals surface area contributed by atoms with Crippen LogP contribution in [0, 0.1) is 18.7 Å². The number of amides is 1. The number of likely N-dealkylation sites (tertiary alicyclic amines) is 1. The second-order valence-electron chi connectivity index (χ2n) is 8.78. The number of carbonyl (C=O) groups excluding carboxylic acids is 2. The predicted octanol–water partition coefficient (Wildman–Crippen LogP) is 4.12. The molecule has 166 valence electrons. The standard InChI is InChI=1S/C25H21FN4O3/c1-15-18(13-33-28-15)24(32)30-11-3-4-19-23(31)22-12-20-21(5-2-10-27-20)29(22)14-25(19,30)16-6-8-17(26)9-7-16/h2,5-10,12-13,19H,3-4,11,14H2,1H3. The largest absolute Gasteiger partial charge is 0.364 e. The van der Waals surface area contributed by atoms with Crippen molar-refractivity contribution in [3.63, 3.8) is 0 Å². The van der Waals surface area contributed by atoms with Crippen molar-refractivity contribution in [2.24, 2.45) is 5.92 Å². The number of aryl methyl sites for hydroxylation is 1. The molecule has 2 aliphatic rings. The average molecular weight is 444 g/mol. The minimum absolute atomic E-state index is 0.0249. The van der Waals surface area contributed by atoms with Crippen LogP contribution >= 0.6 is 0 Å². The fraction of sp³-hybridized carbons (Fsp3) is 0.280. The van der Waals surface area contributed by atoms with E-state index in [2.05, 4.69) is 10.1 Å². The highest BCUT2D eigenvalue weighted by Crippen LogP contribution is 2.49. The van der Waals surface area contributed by atoms with E-state index in [9.17, 15) is 14.0 Å². The molecule has 2 atom stereocenters. The second-order valence-corrected chi connectivity index (χ2v) is 8.78. The zero-order valence-corrected chi connectivity index (χ0v) is 18.0. The normalized spacial score (nSPS) is 22.3. The molecule has 1 saturated heterocycles. The number of nitrogens with zero attached hydrogens (tertiary/aromatic N) is 4. The van der Waals surface area contributed by atoms with E-state index in [0.717, 1.165) is 16.6 Å². The third kappa shape index (κ3) is 2.73. The van der Waals surface area contributed by atoms with Gasteiger partial charge in [0.15, 0.2) is 5.78 Å². The number of rotatable bonds is 2. The van der Waals surface area contributed by atoms with Crippen molar-refractivity contribution in [3.8, 4) is 0 Å². The lowest BCUT2D eigenvalue weighted by atomic mass is 9.67. The number of halogens is 1. The molecular formula is C25H21FN4O3. The number of Topliss-reactive ketones (excluding diaryl/α,β-unsaturated/α-hetero) is 1. The van der Waals surface area contributed by atoms with Crippen LogP contribution in [0.5, 0.6) is 0 Å². The highest BCUT2D eigenvalue weighted by molar-refractivity contribution is 6.04. The molecule has 0 radical (unpaired) electrons. The number of hydrogen-bond acceptors (Lipinski definition) is 5. The van der Waals surface area contributed by atoms with Gasteiger partial charge in [0, 0.05) is 12.7 Å². The van der Waals surface area contributed by atoms with Gasteiger partial charge in [-0.15, -0.1) is 0 Å². The van der Waals surface area contributed by atoms with Gasteiger partial charge in [0.25, 0.3) is 5.91 Å². The topological polar surface area (TPSA) is 81.2 Å². The SMILES string of the molecule is Cc1nocc1C(=O)N1CCCC2C(=O)c3cc4ncccc4n3CC21c1ccc(F)cc1. The molecule has 0 aliphatic carbocycles. The van der Waals surface area contributed by atoms with E-state index in [1.54, 1.807) is 30.2 Å². The first kappa shape index (κ1) is 19.8. The van der Waals surface area contributed by atoms with Crippen molar-refractivity contribution >= 4 is 22.7 Å². The van der Waals surface area contributed by atoms with E-state index < -0.39 is 11.5 Å². The smallest absolute Gasteiger partial charge is 0.259 e. The maximum absolute atomic E-state index is 13.9. The number of piperidine rings is 1. The van der Waals surface area contributed by atoms with Crippen LogP contribution in [0.3, 0.4) is 0 Å². The highest BCUT2D eigenvalue weighted by atomic mass is 19.1. The molecule has 7 nitrogen and oxygen atoms in total. The molecule has 3 aromatic heterocycles. The maximum Gasteiger partial charge on any atom is 0.259 e. The molecule has 1 amide bonds. The third-order valence-corrected chi connectivity index (χ3v) is 7.14. The molecule has 2 unspecified atom stereocenters. The summed E-state index contributed by atoms with van der Waals surface area (Å²) in [5, 5.41) is 3.87. The number of carbonyl (C=O) groups is 2. The molecule has 0 N–H and O–H groups in total. The molecule has 1 fully saturated rings. The summed E-state index contributed by atoms with van der Waals surface area (Å²) < 4.78 is 20.9. The van der Waals surface area contributed by atoms with Crippen molar-refractivity contribution in [1.82, 2.24) is 19.6 Å². The van der Waals surface area contributed by atoms with Gasteiger partial charge >= 0.3 is 0 Å². The summed E-state index contributed by atoms with van der Waals surface area (Å²) in [5.74, 6) is -1.09. The minimum Gasteiger partial charge on any atom is -0.364 e. The summed E-state index contributed by atoms with van der Waals surface area (Å²) in [5.41, 5.74) is 2.80. The molecular weight excluding hydrogens is 423 g/mol. The lowest BCUT2D eigenvalue weighted by Crippen LogP contribution is -2.63. The van der Waals surface area contributed by atoms with Gasteiger partial charge < -0.3 is 14.0 Å². The van der Waals surface area contributed by atoms with Crippen LogP contribution < -0.4 is 0 Å². The van der Waals surface area contributed by atoms with Crippen molar-refractivity contribution in [2.75, 3.05) is 6.54 Å². The van der Waals surface area contributed by atoms with Gasteiger partial charge in [0.1, 0.15) is 17.6 Å². The first-order chi connectivity index (χ1) is 16.0. The first-order valence-electron chi connectivity index (χ1n) is 11.0. The van der Waals surface area contributed by atoms with Crippen LogP contribution in [-0.2, 0) is 12.1 Å². The summed E-state index contributed by atoms with van der Waals surface area (Å²) >= 11 is 0. The van der Waals surface area contributed by atoms with Gasteiger partial charge in [-0.2, -0.15) is 0 Å². The Morgan fingerprint density at radius 1 is 1.24 bits per heavy atom. The van der Waals surface area contributed by atoms with Gasteiger partial charge in [0.2, 0.25) is 0 Å². The molecule has 4 aromatic rings. The molecule has 5 heterocycles. The lowest BCUT2D eigenvalue weighted by molar-refractivity contribution is -0.0123. The van der Waals surface area contributed by atoms with Crippen molar-refractivity contribution in [2.45, 2.75) is 31.8 Å². The van der Waals surface area contributed by atoms with Gasteiger partial charge in [0.05, 0.1) is 40.4 Å². The Balaban J connectivity index is 1.61. The Kier molecular flexibility index (Phi) is 4.27. The van der Waals surface area contributed by atoms with Crippen molar-refractivity contribution < 1.29 is 18.5 Å². The summed E-state index contributed by atoms with van der Waals surface area (Å²) in [4.78, 5) is 33.9. The maximum atomic E-state index is 13.9. The fourth-order valence-electron chi connectivity index (χ4n) is 5.62. The Morgan fingerprint density at radius 2 is 2.06 bits per heavy atom. The van der Waals surface area contributed by atoms with E-state index in [0.29, 0.717) is 42.9 Å². The van der Waals surface area contributed by atoms with E-state index in [1.807, 2.05) is 22.8 Å². The summed E-state index contributed by atoms with van der Waals surface area (Å²) in [6, 6.07) is 11.7. The van der Waals surface area contributed by atoms with Gasteiger partial charge in [-0.05, 0) is 55.7 Å². The Hall–Kier alpha value is -3.81. The number of hydrogen-bond donors (Lipinski definition) is 0. The minimum atomic E-state index is -0.974. The third-order valence-electron chi connectivity index (χ3n) is 7.14. The quantitative estimate of drug-likeness (QED) is 0.465. The second kappa shape index (κ2) is 7.10. The summed E-state index contributed by atoms with van der Waals surface area (Å²) in [7, 11) is 0. The molecule has 0 spiro atoms. The van der Waals surface area contributed by atoms with Gasteiger partial charge in [-0.1, -0.05) is 17.3 Å². The van der Waals surface area contributed by atoms with Crippen LogP contribution in [0.4, 0.5) is 4.39 Å². The number of pyridine rings is 1. The predicted molar refractivity (Wildman–Crippen MR) is 117 cm³/mol. The summed E-state index contributed by atoms with van der Waals surface area (Å²) in [6.07, 6.45) is 4.38. The number of ketones is 1. The van der Waals surface area contributed by atoms with E-state index >= 15 is 0 Å². The van der Waals surface area contributed by atoms with Crippen LogP contribution in [0.1, 0.15) is 44.9 Å². The Labute approximate surface area is 188 Å². The molecule has 0 bridgehead atoms. The Bertz CT molecular complexity index is 1410. The average Bonchev–Trinajstić information content (AvgIpc) is 3.42.